The second kappa shape index (κ2) is 9.83. The zero-order valence-electron chi connectivity index (χ0n) is 14.5. The summed E-state index contributed by atoms with van der Waals surface area (Å²) in [6, 6.07) is 5.64. The third-order valence-electron chi connectivity index (χ3n) is 3.52. The Bertz CT molecular complexity index is 769. The van der Waals surface area contributed by atoms with Gasteiger partial charge in [0.1, 0.15) is 11.6 Å². The second-order valence-electron chi connectivity index (χ2n) is 5.70. The molecule has 0 heterocycles. The van der Waals surface area contributed by atoms with Crippen LogP contribution in [-0.4, -0.2) is 13.1 Å². The molecule has 0 aromatic heterocycles. The molecule has 0 fully saturated rings. The van der Waals surface area contributed by atoms with E-state index in [1.54, 1.807) is 0 Å². The number of hydrogen-bond donors (Lipinski definition) is 2. The van der Waals surface area contributed by atoms with Crippen molar-refractivity contribution in [2.75, 3.05) is 13.1 Å². The van der Waals surface area contributed by atoms with Crippen LogP contribution in [0.25, 0.3) is 0 Å². The predicted molar refractivity (Wildman–Crippen MR) is 88.3 cm³/mol. The van der Waals surface area contributed by atoms with Crippen LogP contribution in [0.5, 0.6) is 0 Å². The fraction of sp³-hybridized carbons (Fsp3) is 0.333. The maximum Gasteiger partial charge on any atom is 0.419 e. The summed E-state index contributed by atoms with van der Waals surface area (Å²) < 4.78 is 99.1. The maximum atomic E-state index is 13.2. The summed E-state index contributed by atoms with van der Waals surface area (Å²) >= 11 is 0. The van der Waals surface area contributed by atoms with Crippen molar-refractivity contribution in [1.82, 2.24) is 0 Å². The predicted octanol–water partition coefficient (Wildman–Crippen LogP) is 4.69. The Morgan fingerprint density at radius 1 is 0.750 bits per heavy atom. The minimum Gasteiger partial charge on any atom is -0.330 e. The van der Waals surface area contributed by atoms with Gasteiger partial charge in [-0.15, -0.1) is 0 Å². The lowest BCUT2D eigenvalue weighted by Crippen LogP contribution is -2.12. The zero-order valence-corrected chi connectivity index (χ0v) is 14.5. The van der Waals surface area contributed by atoms with Gasteiger partial charge in [0.05, 0.1) is 11.1 Å². The highest BCUT2D eigenvalue weighted by atomic mass is 19.4. The molecule has 2 nitrogen and oxygen atoms in total. The molecule has 0 spiro atoms. The Labute approximate surface area is 156 Å². The third kappa shape index (κ3) is 7.08. The second-order valence-corrected chi connectivity index (χ2v) is 5.70. The topological polar surface area (TPSA) is 52.0 Å². The first kappa shape index (κ1) is 23.8. The minimum atomic E-state index is -4.64. The van der Waals surface area contributed by atoms with Gasteiger partial charge in [-0.25, -0.2) is 8.78 Å². The molecule has 0 saturated heterocycles. The molecule has 0 aliphatic heterocycles. The molecule has 2 rings (SSSR count). The first-order valence-corrected chi connectivity index (χ1v) is 8.01. The largest absolute Gasteiger partial charge is 0.419 e. The molecule has 0 atom stereocenters. The maximum absolute atomic E-state index is 13.2. The molecule has 0 radical (unpaired) electrons. The zero-order chi connectivity index (χ0) is 21.5. The van der Waals surface area contributed by atoms with Crippen LogP contribution < -0.4 is 11.5 Å². The Morgan fingerprint density at radius 2 is 1.36 bits per heavy atom. The molecule has 0 amide bonds. The van der Waals surface area contributed by atoms with Gasteiger partial charge in [-0.3, -0.25) is 0 Å². The molecule has 0 aliphatic rings. The van der Waals surface area contributed by atoms with Gasteiger partial charge in [0.25, 0.3) is 0 Å². The highest BCUT2D eigenvalue weighted by Gasteiger charge is 2.34. The van der Waals surface area contributed by atoms with E-state index >= 15 is 0 Å². The lowest BCUT2D eigenvalue weighted by atomic mass is 10.1. The molecule has 2 aromatic rings. The van der Waals surface area contributed by atoms with Crippen molar-refractivity contribution in [3.8, 4) is 0 Å². The van der Waals surface area contributed by atoms with Gasteiger partial charge in [0.15, 0.2) is 0 Å². The van der Waals surface area contributed by atoms with Crippen molar-refractivity contribution in [3.63, 3.8) is 0 Å². The molecule has 4 N–H and O–H groups in total. The van der Waals surface area contributed by atoms with Crippen molar-refractivity contribution in [2.24, 2.45) is 11.5 Å². The summed E-state index contributed by atoms with van der Waals surface area (Å²) in [7, 11) is 0. The smallest absolute Gasteiger partial charge is 0.330 e. The highest BCUT2D eigenvalue weighted by molar-refractivity contribution is 5.28. The SMILES string of the molecule is NCCc1cc(F)cc(C(F)(F)F)c1.NCCc1cccc(C(F)(F)F)c1F. The van der Waals surface area contributed by atoms with Crippen LogP contribution >= 0.6 is 0 Å². The number of benzene rings is 2. The summed E-state index contributed by atoms with van der Waals surface area (Å²) in [5.41, 5.74) is 8.37. The number of alkyl halides is 6. The average Bonchev–Trinajstić information content (AvgIpc) is 2.55. The monoisotopic (exact) mass is 414 g/mol. The number of hydrogen-bond acceptors (Lipinski definition) is 2. The van der Waals surface area contributed by atoms with E-state index in [4.69, 9.17) is 11.5 Å². The molecular weight excluding hydrogens is 396 g/mol. The van der Waals surface area contributed by atoms with E-state index in [1.807, 2.05) is 0 Å². The molecule has 0 bridgehead atoms. The first-order chi connectivity index (χ1) is 12.9. The van der Waals surface area contributed by atoms with Crippen molar-refractivity contribution in [3.05, 3.63) is 70.3 Å². The van der Waals surface area contributed by atoms with Crippen LogP contribution in [0.15, 0.2) is 36.4 Å². The van der Waals surface area contributed by atoms with E-state index in [1.165, 1.54) is 12.1 Å². The van der Waals surface area contributed by atoms with E-state index in [0.717, 1.165) is 18.2 Å². The summed E-state index contributed by atoms with van der Waals surface area (Å²) in [4.78, 5) is 0. The highest BCUT2D eigenvalue weighted by Crippen LogP contribution is 2.32. The van der Waals surface area contributed by atoms with E-state index in [9.17, 15) is 35.1 Å². The van der Waals surface area contributed by atoms with Crippen LogP contribution in [0.1, 0.15) is 22.3 Å². The van der Waals surface area contributed by atoms with Crippen LogP contribution in [0.4, 0.5) is 35.1 Å². The summed E-state index contributed by atoms with van der Waals surface area (Å²) in [5, 5.41) is 0. The molecule has 156 valence electrons. The van der Waals surface area contributed by atoms with Crippen LogP contribution in [0.3, 0.4) is 0 Å². The fourth-order valence-corrected chi connectivity index (χ4v) is 2.27. The number of nitrogens with two attached hydrogens (primary N) is 2. The normalized spacial score (nSPS) is 11.8. The number of rotatable bonds is 4. The standard InChI is InChI=1S/2C9H9F4N/c10-8-4-6(1-2-14)3-7(5-8)9(11,12)13;10-8-6(4-5-14)2-1-3-7(8)9(11,12)13/h3-5H,1-2,14H2;1-3H,4-5,14H2. The van der Waals surface area contributed by atoms with Crippen molar-refractivity contribution in [1.29, 1.82) is 0 Å². The summed E-state index contributed by atoms with van der Waals surface area (Å²) in [6.45, 7) is 0.318. The van der Waals surface area contributed by atoms with Gasteiger partial charge in [-0.05, 0) is 61.3 Å². The minimum absolute atomic E-state index is 0.00215. The molecule has 0 unspecified atom stereocenters. The van der Waals surface area contributed by atoms with Gasteiger partial charge >= 0.3 is 12.4 Å². The van der Waals surface area contributed by atoms with Gasteiger partial charge < -0.3 is 11.5 Å². The van der Waals surface area contributed by atoms with Gasteiger partial charge in [0.2, 0.25) is 0 Å². The lowest BCUT2D eigenvalue weighted by Gasteiger charge is -2.10. The van der Waals surface area contributed by atoms with Crippen molar-refractivity contribution >= 4 is 0 Å². The van der Waals surface area contributed by atoms with Gasteiger partial charge in [-0.2, -0.15) is 26.3 Å². The average molecular weight is 414 g/mol. The summed E-state index contributed by atoms with van der Waals surface area (Å²) in [5.74, 6) is -2.10. The van der Waals surface area contributed by atoms with Crippen LogP contribution in [0, 0.1) is 11.6 Å². The molecule has 0 aliphatic carbocycles. The Hall–Kier alpha value is -2.20. The van der Waals surface area contributed by atoms with Crippen molar-refractivity contribution in [2.45, 2.75) is 25.2 Å². The quantitative estimate of drug-likeness (QED) is 0.714. The summed E-state index contributed by atoms with van der Waals surface area (Å²) in [6.07, 6.45) is -8.81. The molecule has 28 heavy (non-hydrogen) atoms. The van der Waals surface area contributed by atoms with E-state index in [0.29, 0.717) is 6.07 Å². The number of halogens is 8. The lowest BCUT2D eigenvalue weighted by molar-refractivity contribution is -0.140. The van der Waals surface area contributed by atoms with Gasteiger partial charge in [-0.1, -0.05) is 12.1 Å². The van der Waals surface area contributed by atoms with Crippen molar-refractivity contribution < 1.29 is 35.1 Å². The Kier molecular flexibility index (Phi) is 8.37. The van der Waals surface area contributed by atoms with E-state index < -0.39 is 35.1 Å². The fourth-order valence-electron chi connectivity index (χ4n) is 2.27. The molecule has 10 heteroatoms. The van der Waals surface area contributed by atoms with Crippen LogP contribution in [0.2, 0.25) is 0 Å². The van der Waals surface area contributed by atoms with Crippen LogP contribution in [-0.2, 0) is 25.2 Å². The van der Waals surface area contributed by atoms with E-state index in [2.05, 4.69) is 0 Å². The molecular formula is C18H18F8N2. The molecule has 2 aromatic carbocycles. The van der Waals surface area contributed by atoms with E-state index in [-0.39, 0.29) is 37.1 Å². The third-order valence-corrected chi connectivity index (χ3v) is 3.52. The Morgan fingerprint density at radius 3 is 1.86 bits per heavy atom. The Balaban J connectivity index is 0.000000280. The van der Waals surface area contributed by atoms with Gasteiger partial charge in [0, 0.05) is 0 Å². The first-order valence-electron chi connectivity index (χ1n) is 8.01. The molecule has 0 saturated carbocycles.